The van der Waals surface area contributed by atoms with E-state index >= 15 is 0 Å². The molecule has 0 bridgehead atoms. The highest BCUT2D eigenvalue weighted by atomic mass is 32.2. The highest BCUT2D eigenvalue weighted by Crippen LogP contribution is 2.49. The lowest BCUT2D eigenvalue weighted by atomic mass is 9.70. The molecule has 1 aromatic carbocycles. The van der Waals surface area contributed by atoms with Gasteiger partial charge in [0.1, 0.15) is 5.75 Å². The summed E-state index contributed by atoms with van der Waals surface area (Å²) in [7, 11) is 1.74. The van der Waals surface area contributed by atoms with Gasteiger partial charge < -0.3 is 10.1 Å². The summed E-state index contributed by atoms with van der Waals surface area (Å²) < 4.78 is 5.41. The Morgan fingerprint density at radius 1 is 1.38 bits per heavy atom. The molecule has 1 spiro atoms. The largest absolute Gasteiger partial charge is 0.495 e. The SMILES string of the molecule is COc1cccc2c1NCC1(CCC1)CS2. The molecule has 2 nitrogen and oxygen atoms in total. The van der Waals surface area contributed by atoms with Crippen LogP contribution in [0, 0.1) is 5.41 Å². The van der Waals surface area contributed by atoms with Crippen LogP contribution in [-0.2, 0) is 0 Å². The van der Waals surface area contributed by atoms with Gasteiger partial charge in [0, 0.05) is 17.2 Å². The molecule has 0 aromatic heterocycles. The molecule has 1 N–H and O–H groups in total. The lowest BCUT2D eigenvalue weighted by Gasteiger charge is -2.40. The van der Waals surface area contributed by atoms with Crippen LogP contribution in [-0.4, -0.2) is 19.4 Å². The summed E-state index contributed by atoms with van der Waals surface area (Å²) in [6.45, 7) is 1.10. The Balaban J connectivity index is 1.91. The molecule has 16 heavy (non-hydrogen) atoms. The second-order valence-electron chi connectivity index (χ2n) is 4.83. The Kier molecular flexibility index (Phi) is 2.51. The van der Waals surface area contributed by atoms with Crippen LogP contribution < -0.4 is 10.1 Å². The summed E-state index contributed by atoms with van der Waals surface area (Å²) in [6.07, 6.45) is 4.16. The summed E-state index contributed by atoms with van der Waals surface area (Å²) in [5.41, 5.74) is 1.74. The van der Waals surface area contributed by atoms with Crippen LogP contribution in [0.25, 0.3) is 0 Å². The average Bonchev–Trinajstić information content (AvgIpc) is 2.47. The third kappa shape index (κ3) is 1.58. The van der Waals surface area contributed by atoms with Gasteiger partial charge in [0.2, 0.25) is 0 Å². The Labute approximate surface area is 101 Å². The van der Waals surface area contributed by atoms with Gasteiger partial charge in [-0.05, 0) is 30.4 Å². The third-order valence-corrected chi connectivity index (χ3v) is 5.20. The molecule has 3 heteroatoms. The summed E-state index contributed by atoms with van der Waals surface area (Å²) in [6, 6.07) is 6.30. The van der Waals surface area contributed by atoms with E-state index in [-0.39, 0.29) is 0 Å². The predicted molar refractivity (Wildman–Crippen MR) is 68.5 cm³/mol. The molecule has 2 aliphatic rings. The van der Waals surface area contributed by atoms with E-state index in [4.69, 9.17) is 4.74 Å². The van der Waals surface area contributed by atoms with E-state index in [0.717, 1.165) is 12.3 Å². The number of anilines is 1. The number of fused-ring (bicyclic) bond motifs is 1. The minimum Gasteiger partial charge on any atom is -0.495 e. The number of nitrogens with one attached hydrogen (secondary N) is 1. The van der Waals surface area contributed by atoms with Crippen LogP contribution in [0.1, 0.15) is 19.3 Å². The molecular weight excluding hydrogens is 218 g/mol. The molecule has 1 aromatic rings. The molecule has 0 unspecified atom stereocenters. The van der Waals surface area contributed by atoms with Crippen molar-refractivity contribution in [2.75, 3.05) is 24.7 Å². The molecule has 0 amide bonds. The number of benzene rings is 1. The molecular formula is C13H17NOS. The van der Waals surface area contributed by atoms with Gasteiger partial charge in [-0.1, -0.05) is 12.5 Å². The zero-order valence-corrected chi connectivity index (χ0v) is 10.4. The second kappa shape index (κ2) is 3.88. The van der Waals surface area contributed by atoms with Crippen molar-refractivity contribution in [2.45, 2.75) is 24.2 Å². The van der Waals surface area contributed by atoms with Crippen molar-refractivity contribution < 1.29 is 4.74 Å². The Morgan fingerprint density at radius 2 is 2.25 bits per heavy atom. The first kappa shape index (κ1) is 10.3. The first-order valence-electron chi connectivity index (χ1n) is 5.87. The van der Waals surface area contributed by atoms with Crippen LogP contribution in [0.15, 0.2) is 23.1 Å². The standard InChI is InChI=1S/C13H17NOS/c1-15-10-4-2-5-11-12(10)14-8-13(9-16-11)6-3-7-13/h2,4-5,14H,3,6-9H2,1H3. The van der Waals surface area contributed by atoms with Crippen LogP contribution >= 0.6 is 11.8 Å². The smallest absolute Gasteiger partial charge is 0.143 e. The van der Waals surface area contributed by atoms with E-state index in [0.29, 0.717) is 5.41 Å². The number of para-hydroxylation sites is 1. The molecule has 0 atom stereocenters. The topological polar surface area (TPSA) is 21.3 Å². The van der Waals surface area contributed by atoms with Gasteiger partial charge in [0.25, 0.3) is 0 Å². The molecule has 1 heterocycles. The lowest BCUT2D eigenvalue weighted by molar-refractivity contribution is 0.187. The molecule has 1 aliphatic carbocycles. The van der Waals surface area contributed by atoms with Crippen molar-refractivity contribution in [2.24, 2.45) is 5.41 Å². The summed E-state index contributed by atoms with van der Waals surface area (Å²) in [4.78, 5) is 1.34. The molecule has 1 aliphatic heterocycles. The fraction of sp³-hybridized carbons (Fsp3) is 0.538. The van der Waals surface area contributed by atoms with Crippen LogP contribution in [0.3, 0.4) is 0 Å². The van der Waals surface area contributed by atoms with Crippen molar-refractivity contribution in [1.82, 2.24) is 0 Å². The van der Waals surface area contributed by atoms with Crippen molar-refractivity contribution in [1.29, 1.82) is 0 Å². The normalized spacial score (nSPS) is 21.6. The Bertz CT molecular complexity index is 401. The highest BCUT2D eigenvalue weighted by molar-refractivity contribution is 7.99. The zero-order chi connectivity index (χ0) is 11.0. The summed E-state index contributed by atoms with van der Waals surface area (Å²) in [5, 5.41) is 3.59. The monoisotopic (exact) mass is 235 g/mol. The maximum atomic E-state index is 5.41. The van der Waals surface area contributed by atoms with Crippen molar-refractivity contribution >= 4 is 17.4 Å². The van der Waals surface area contributed by atoms with Gasteiger partial charge in [0.15, 0.2) is 0 Å². The number of hydrogen-bond acceptors (Lipinski definition) is 3. The predicted octanol–water partition coefficient (Wildman–Crippen LogP) is 3.38. The molecule has 1 fully saturated rings. The fourth-order valence-corrected chi connectivity index (χ4v) is 3.88. The van der Waals surface area contributed by atoms with Crippen molar-refractivity contribution in [3.05, 3.63) is 18.2 Å². The van der Waals surface area contributed by atoms with E-state index in [1.807, 2.05) is 17.8 Å². The maximum Gasteiger partial charge on any atom is 0.143 e. The lowest BCUT2D eigenvalue weighted by Crippen LogP contribution is -2.37. The van der Waals surface area contributed by atoms with Crippen LogP contribution in [0.4, 0.5) is 5.69 Å². The number of ether oxygens (including phenoxy) is 1. The van der Waals surface area contributed by atoms with Crippen LogP contribution in [0.2, 0.25) is 0 Å². The molecule has 0 saturated heterocycles. The van der Waals surface area contributed by atoms with Gasteiger partial charge >= 0.3 is 0 Å². The van der Waals surface area contributed by atoms with Gasteiger partial charge in [-0.3, -0.25) is 0 Å². The van der Waals surface area contributed by atoms with Gasteiger partial charge in [0.05, 0.1) is 12.8 Å². The molecule has 1 saturated carbocycles. The number of rotatable bonds is 1. The first-order valence-corrected chi connectivity index (χ1v) is 6.85. The maximum absolute atomic E-state index is 5.41. The van der Waals surface area contributed by atoms with E-state index in [1.54, 1.807) is 7.11 Å². The molecule has 3 rings (SSSR count). The first-order chi connectivity index (χ1) is 7.83. The molecule has 0 radical (unpaired) electrons. The highest BCUT2D eigenvalue weighted by Gasteiger charge is 2.38. The van der Waals surface area contributed by atoms with Crippen molar-refractivity contribution in [3.8, 4) is 5.75 Å². The van der Waals surface area contributed by atoms with Gasteiger partial charge in [-0.2, -0.15) is 0 Å². The van der Waals surface area contributed by atoms with E-state index in [2.05, 4.69) is 17.4 Å². The Morgan fingerprint density at radius 3 is 2.94 bits per heavy atom. The summed E-state index contributed by atoms with van der Waals surface area (Å²) in [5.74, 6) is 2.22. The van der Waals surface area contributed by atoms with Crippen LogP contribution in [0.5, 0.6) is 5.75 Å². The fourth-order valence-electron chi connectivity index (χ4n) is 2.53. The minimum absolute atomic E-state index is 0.550. The number of thioether (sulfide) groups is 1. The average molecular weight is 235 g/mol. The zero-order valence-electron chi connectivity index (χ0n) is 9.58. The Hall–Kier alpha value is -0.830. The minimum atomic E-state index is 0.550. The van der Waals surface area contributed by atoms with Gasteiger partial charge in [-0.15, -0.1) is 11.8 Å². The van der Waals surface area contributed by atoms with E-state index in [1.165, 1.54) is 35.6 Å². The molecule has 86 valence electrons. The van der Waals surface area contributed by atoms with E-state index in [9.17, 15) is 0 Å². The third-order valence-electron chi connectivity index (χ3n) is 3.80. The summed E-state index contributed by atoms with van der Waals surface area (Å²) >= 11 is 1.98. The number of hydrogen-bond donors (Lipinski definition) is 1. The number of methoxy groups -OCH3 is 1. The van der Waals surface area contributed by atoms with Gasteiger partial charge in [-0.25, -0.2) is 0 Å². The van der Waals surface area contributed by atoms with E-state index < -0.39 is 0 Å². The quantitative estimate of drug-likeness (QED) is 0.806. The second-order valence-corrected chi connectivity index (χ2v) is 5.85. The van der Waals surface area contributed by atoms with Crippen molar-refractivity contribution in [3.63, 3.8) is 0 Å².